The van der Waals surface area contributed by atoms with Crippen molar-refractivity contribution in [2.75, 3.05) is 10.6 Å². The summed E-state index contributed by atoms with van der Waals surface area (Å²) in [6.07, 6.45) is 0. The molecule has 3 nitrogen and oxygen atoms in total. The molecule has 0 saturated heterocycles. The lowest BCUT2D eigenvalue weighted by atomic mass is 10.2. The van der Waals surface area contributed by atoms with Gasteiger partial charge in [0.05, 0.1) is 0 Å². The van der Waals surface area contributed by atoms with Crippen molar-refractivity contribution in [1.29, 1.82) is 0 Å². The second kappa shape index (κ2) is 6.38. The summed E-state index contributed by atoms with van der Waals surface area (Å²) < 4.78 is 1.05. The Bertz CT molecular complexity index is 567. The molecular weight excluding hydrogens is 304 g/mol. The van der Waals surface area contributed by atoms with E-state index in [0.29, 0.717) is 0 Å². The molecule has 0 aliphatic heterocycles. The zero-order chi connectivity index (χ0) is 13.7. The van der Waals surface area contributed by atoms with Gasteiger partial charge >= 0.3 is 0 Å². The number of carbonyl (C=O) groups is 1. The van der Waals surface area contributed by atoms with Crippen molar-refractivity contribution in [3.8, 4) is 0 Å². The number of amides is 1. The van der Waals surface area contributed by atoms with Crippen molar-refractivity contribution in [2.24, 2.45) is 0 Å². The van der Waals surface area contributed by atoms with E-state index in [9.17, 15) is 4.79 Å². The molecule has 0 spiro atoms. The number of halogens is 1. The average Bonchev–Trinajstić information content (AvgIpc) is 2.37. The summed E-state index contributed by atoms with van der Waals surface area (Å²) in [6, 6.07) is 15.8. The van der Waals surface area contributed by atoms with Crippen LogP contribution in [0.1, 0.15) is 12.5 Å². The Hall–Kier alpha value is -1.81. The molecule has 0 saturated carbocycles. The Labute approximate surface area is 121 Å². The zero-order valence-corrected chi connectivity index (χ0v) is 12.2. The summed E-state index contributed by atoms with van der Waals surface area (Å²) in [5.74, 6) is -0.0555. The highest BCUT2D eigenvalue weighted by Gasteiger charge is 1.97. The fourth-order valence-electron chi connectivity index (χ4n) is 1.71. The fraction of sp³-hybridized carbons (Fsp3) is 0.133. The highest BCUT2D eigenvalue weighted by Crippen LogP contribution is 2.17. The Morgan fingerprint density at radius 2 is 1.84 bits per heavy atom. The van der Waals surface area contributed by atoms with Crippen LogP contribution in [0.4, 0.5) is 11.4 Å². The van der Waals surface area contributed by atoms with Crippen molar-refractivity contribution < 1.29 is 4.79 Å². The van der Waals surface area contributed by atoms with Gasteiger partial charge in [0.1, 0.15) is 0 Å². The number of anilines is 2. The van der Waals surface area contributed by atoms with E-state index in [0.717, 1.165) is 28.0 Å². The van der Waals surface area contributed by atoms with Crippen LogP contribution in [0.5, 0.6) is 0 Å². The molecular formula is C15H15BrN2O. The van der Waals surface area contributed by atoms with Gasteiger partial charge in [0.25, 0.3) is 0 Å². The molecule has 0 heterocycles. The van der Waals surface area contributed by atoms with Gasteiger partial charge in [-0.05, 0) is 35.9 Å². The maximum Gasteiger partial charge on any atom is 0.221 e. The van der Waals surface area contributed by atoms with Crippen molar-refractivity contribution in [1.82, 2.24) is 0 Å². The van der Waals surface area contributed by atoms with E-state index in [1.165, 1.54) is 6.92 Å². The first-order chi connectivity index (χ1) is 9.13. The molecule has 0 unspecified atom stereocenters. The summed E-state index contributed by atoms with van der Waals surface area (Å²) in [7, 11) is 0. The maximum atomic E-state index is 10.9. The maximum absolute atomic E-state index is 10.9. The van der Waals surface area contributed by atoms with Gasteiger partial charge in [-0.15, -0.1) is 0 Å². The van der Waals surface area contributed by atoms with Crippen LogP contribution in [0, 0.1) is 0 Å². The number of carbonyl (C=O) groups excluding carboxylic acids is 1. The molecule has 0 radical (unpaired) electrons. The second-order valence-electron chi connectivity index (χ2n) is 4.24. The topological polar surface area (TPSA) is 41.1 Å². The van der Waals surface area contributed by atoms with Gasteiger partial charge in [0.15, 0.2) is 0 Å². The first-order valence-corrected chi connectivity index (χ1v) is 6.79. The van der Waals surface area contributed by atoms with Crippen LogP contribution in [0.3, 0.4) is 0 Å². The van der Waals surface area contributed by atoms with E-state index in [1.54, 1.807) is 0 Å². The van der Waals surface area contributed by atoms with Crippen LogP contribution < -0.4 is 10.6 Å². The molecule has 2 aromatic carbocycles. The Balaban J connectivity index is 1.94. The number of rotatable bonds is 4. The van der Waals surface area contributed by atoms with Crippen molar-refractivity contribution in [3.63, 3.8) is 0 Å². The third-order valence-electron chi connectivity index (χ3n) is 2.60. The lowest BCUT2D eigenvalue weighted by molar-refractivity contribution is -0.114. The predicted molar refractivity (Wildman–Crippen MR) is 82.2 cm³/mol. The fourth-order valence-corrected chi connectivity index (χ4v) is 2.11. The van der Waals surface area contributed by atoms with Crippen LogP contribution in [-0.4, -0.2) is 5.91 Å². The summed E-state index contributed by atoms with van der Waals surface area (Å²) in [5, 5.41) is 6.09. The lowest BCUT2D eigenvalue weighted by Gasteiger charge is -2.08. The van der Waals surface area contributed by atoms with Crippen LogP contribution >= 0.6 is 15.9 Å². The van der Waals surface area contributed by atoms with Gasteiger partial charge < -0.3 is 10.6 Å². The average molecular weight is 319 g/mol. The van der Waals surface area contributed by atoms with Gasteiger partial charge in [-0.25, -0.2) is 0 Å². The van der Waals surface area contributed by atoms with E-state index < -0.39 is 0 Å². The van der Waals surface area contributed by atoms with E-state index in [2.05, 4.69) is 26.6 Å². The molecule has 0 fully saturated rings. The van der Waals surface area contributed by atoms with E-state index in [4.69, 9.17) is 0 Å². The molecule has 2 rings (SSSR count). The summed E-state index contributed by atoms with van der Waals surface area (Å²) in [5.41, 5.74) is 3.05. The van der Waals surface area contributed by atoms with Crippen molar-refractivity contribution >= 4 is 33.2 Å². The van der Waals surface area contributed by atoms with E-state index in [-0.39, 0.29) is 5.91 Å². The van der Waals surface area contributed by atoms with Crippen LogP contribution in [0.25, 0.3) is 0 Å². The molecule has 1 amide bonds. The SMILES string of the molecule is CC(=O)Nc1ccc(CNc2cccc(Br)c2)cc1. The zero-order valence-electron chi connectivity index (χ0n) is 10.6. The number of hydrogen-bond donors (Lipinski definition) is 2. The Morgan fingerprint density at radius 3 is 2.47 bits per heavy atom. The molecule has 0 atom stereocenters. The first-order valence-electron chi connectivity index (χ1n) is 5.99. The van der Waals surface area contributed by atoms with Gasteiger partial charge in [0.2, 0.25) is 5.91 Å². The summed E-state index contributed by atoms with van der Waals surface area (Å²) in [4.78, 5) is 10.9. The molecule has 98 valence electrons. The summed E-state index contributed by atoms with van der Waals surface area (Å²) in [6.45, 7) is 2.25. The van der Waals surface area contributed by atoms with Crippen LogP contribution in [0.15, 0.2) is 53.0 Å². The van der Waals surface area contributed by atoms with Gasteiger partial charge in [-0.2, -0.15) is 0 Å². The summed E-state index contributed by atoms with van der Waals surface area (Å²) >= 11 is 3.44. The Kier molecular flexibility index (Phi) is 4.58. The molecule has 4 heteroatoms. The molecule has 0 aromatic heterocycles. The molecule has 0 bridgehead atoms. The smallest absolute Gasteiger partial charge is 0.221 e. The molecule has 19 heavy (non-hydrogen) atoms. The Morgan fingerprint density at radius 1 is 1.11 bits per heavy atom. The highest BCUT2D eigenvalue weighted by atomic mass is 79.9. The monoisotopic (exact) mass is 318 g/mol. The molecule has 0 aliphatic carbocycles. The van der Waals surface area contributed by atoms with Gasteiger partial charge in [-0.3, -0.25) is 4.79 Å². The molecule has 2 N–H and O–H groups in total. The number of nitrogens with one attached hydrogen (secondary N) is 2. The van der Waals surface area contributed by atoms with Gasteiger partial charge in [0, 0.05) is 29.3 Å². The van der Waals surface area contributed by atoms with Crippen LogP contribution in [0.2, 0.25) is 0 Å². The van der Waals surface area contributed by atoms with Crippen LogP contribution in [-0.2, 0) is 11.3 Å². The normalized spacial score (nSPS) is 10.0. The van der Waals surface area contributed by atoms with Crippen molar-refractivity contribution in [2.45, 2.75) is 13.5 Å². The lowest BCUT2D eigenvalue weighted by Crippen LogP contribution is -2.06. The second-order valence-corrected chi connectivity index (χ2v) is 5.16. The number of benzene rings is 2. The van der Waals surface area contributed by atoms with Crippen molar-refractivity contribution in [3.05, 3.63) is 58.6 Å². The minimum atomic E-state index is -0.0555. The van der Waals surface area contributed by atoms with Gasteiger partial charge in [-0.1, -0.05) is 34.1 Å². The predicted octanol–water partition coefficient (Wildman–Crippen LogP) is 4.02. The minimum absolute atomic E-state index is 0.0555. The first kappa shape index (κ1) is 13.6. The van der Waals surface area contributed by atoms with E-state index in [1.807, 2.05) is 48.5 Å². The largest absolute Gasteiger partial charge is 0.381 e. The van der Waals surface area contributed by atoms with E-state index >= 15 is 0 Å². The number of hydrogen-bond acceptors (Lipinski definition) is 2. The minimum Gasteiger partial charge on any atom is -0.381 e. The standard InChI is InChI=1S/C15H15BrN2O/c1-11(19)18-14-7-5-12(6-8-14)10-17-15-4-2-3-13(16)9-15/h2-9,17H,10H2,1H3,(H,18,19). The quantitative estimate of drug-likeness (QED) is 0.894. The highest BCUT2D eigenvalue weighted by molar-refractivity contribution is 9.10. The third kappa shape index (κ3) is 4.41. The molecule has 0 aliphatic rings. The third-order valence-corrected chi connectivity index (χ3v) is 3.09. The molecule has 2 aromatic rings.